The molecule has 5 rings (SSSR count). The predicted molar refractivity (Wildman–Crippen MR) is 111 cm³/mol. The van der Waals surface area contributed by atoms with Gasteiger partial charge in [-0.05, 0) is 43.0 Å². The van der Waals surface area contributed by atoms with Crippen LogP contribution in [0.25, 0.3) is 5.13 Å². The molecule has 0 spiro atoms. The van der Waals surface area contributed by atoms with Crippen LogP contribution >= 0.6 is 11.3 Å². The number of rotatable bonds is 3. The van der Waals surface area contributed by atoms with Crippen LogP contribution in [0.3, 0.4) is 0 Å². The molecule has 0 bridgehead atoms. The number of aryl methyl sites for hydroxylation is 1. The number of nitrogens with zero attached hydrogens (tertiary/aromatic N) is 4. The van der Waals surface area contributed by atoms with E-state index in [9.17, 15) is 4.79 Å². The van der Waals surface area contributed by atoms with Crippen molar-refractivity contribution in [3.63, 3.8) is 0 Å². The fourth-order valence-corrected chi connectivity index (χ4v) is 5.35. The van der Waals surface area contributed by atoms with E-state index in [1.54, 1.807) is 0 Å². The third-order valence-electron chi connectivity index (χ3n) is 5.93. The van der Waals surface area contributed by atoms with Crippen LogP contribution in [0.1, 0.15) is 32.9 Å². The number of thiazole rings is 1. The summed E-state index contributed by atoms with van der Waals surface area (Å²) in [6, 6.07) is 13.1. The molecule has 4 heterocycles. The molecular formula is C22H24N4OS. The van der Waals surface area contributed by atoms with Gasteiger partial charge in [0.2, 0.25) is 0 Å². The quantitative estimate of drug-likeness (QED) is 0.685. The Bertz CT molecular complexity index is 994. The normalized spacial score (nSPS) is 19.8. The van der Waals surface area contributed by atoms with Crippen LogP contribution in [0, 0.1) is 6.92 Å². The van der Waals surface area contributed by atoms with E-state index in [0.29, 0.717) is 6.04 Å². The number of hydrogen-bond donors (Lipinski definition) is 0. The molecule has 1 amide bonds. The van der Waals surface area contributed by atoms with Crippen molar-refractivity contribution >= 4 is 17.2 Å². The van der Waals surface area contributed by atoms with Crippen LogP contribution in [0.15, 0.2) is 48.8 Å². The number of benzene rings is 1. The number of amides is 1. The van der Waals surface area contributed by atoms with Crippen LogP contribution in [0.4, 0.5) is 0 Å². The van der Waals surface area contributed by atoms with Crippen LogP contribution in [-0.2, 0) is 13.0 Å². The molecule has 0 saturated carbocycles. The summed E-state index contributed by atoms with van der Waals surface area (Å²) in [6.07, 6.45) is 6.09. The lowest BCUT2D eigenvalue weighted by molar-refractivity contribution is 0.0777. The summed E-state index contributed by atoms with van der Waals surface area (Å²) in [5.74, 6) is 0.133. The largest absolute Gasteiger partial charge is 0.336 e. The van der Waals surface area contributed by atoms with Crippen molar-refractivity contribution in [3.05, 3.63) is 70.5 Å². The monoisotopic (exact) mass is 392 g/mol. The molecule has 1 saturated heterocycles. The number of likely N-dealkylation sites (tertiary alicyclic amines) is 1. The molecular weight excluding hydrogens is 368 g/mol. The molecule has 0 N–H and O–H groups in total. The lowest BCUT2D eigenvalue weighted by atomic mass is 9.98. The lowest BCUT2D eigenvalue weighted by Crippen LogP contribution is -2.41. The van der Waals surface area contributed by atoms with Gasteiger partial charge in [-0.2, -0.15) is 0 Å². The maximum Gasteiger partial charge on any atom is 0.265 e. The first-order chi connectivity index (χ1) is 13.7. The molecule has 6 heteroatoms. The predicted octanol–water partition coefficient (Wildman–Crippen LogP) is 3.52. The Hall–Kier alpha value is -2.44. The van der Waals surface area contributed by atoms with E-state index < -0.39 is 0 Å². The van der Waals surface area contributed by atoms with Crippen molar-refractivity contribution in [1.29, 1.82) is 0 Å². The number of fused-ring (bicyclic) bond motifs is 1. The summed E-state index contributed by atoms with van der Waals surface area (Å²) < 4.78 is 1.96. The van der Waals surface area contributed by atoms with Crippen molar-refractivity contribution in [1.82, 2.24) is 19.4 Å². The lowest BCUT2D eigenvalue weighted by Gasteiger charge is -2.33. The standard InChI is InChI=1S/C22H24N4OS/c1-16-20(28-22(23-16)24-10-4-5-11-24)21(27)26-13-9-19(15-26)25-12-8-17-6-2-3-7-18(17)14-25/h2-7,10-11,19H,8-9,12-15H2,1H3. The highest BCUT2D eigenvalue weighted by Gasteiger charge is 2.33. The van der Waals surface area contributed by atoms with Crippen LogP contribution in [0.5, 0.6) is 0 Å². The smallest absolute Gasteiger partial charge is 0.265 e. The van der Waals surface area contributed by atoms with Gasteiger partial charge in [0.1, 0.15) is 4.88 Å². The van der Waals surface area contributed by atoms with Crippen LogP contribution in [-0.4, -0.2) is 50.9 Å². The molecule has 0 radical (unpaired) electrons. The summed E-state index contributed by atoms with van der Waals surface area (Å²) >= 11 is 1.49. The Labute approximate surface area is 169 Å². The minimum absolute atomic E-state index is 0.133. The number of carbonyl (C=O) groups excluding carboxylic acids is 1. The van der Waals surface area contributed by atoms with Gasteiger partial charge in [-0.3, -0.25) is 9.69 Å². The van der Waals surface area contributed by atoms with Gasteiger partial charge >= 0.3 is 0 Å². The highest BCUT2D eigenvalue weighted by molar-refractivity contribution is 7.16. The second-order valence-electron chi connectivity index (χ2n) is 7.68. The van der Waals surface area contributed by atoms with Crippen molar-refractivity contribution in [2.75, 3.05) is 19.6 Å². The van der Waals surface area contributed by atoms with Crippen LogP contribution < -0.4 is 0 Å². The van der Waals surface area contributed by atoms with Gasteiger partial charge in [0.05, 0.1) is 5.69 Å². The molecule has 1 unspecified atom stereocenters. The SMILES string of the molecule is Cc1nc(-n2cccc2)sc1C(=O)N1CCC(N2CCc3ccccc3C2)C1. The van der Waals surface area contributed by atoms with Crippen molar-refractivity contribution < 1.29 is 4.79 Å². The highest BCUT2D eigenvalue weighted by Crippen LogP contribution is 2.28. The fraction of sp³-hybridized carbons (Fsp3) is 0.364. The van der Waals surface area contributed by atoms with E-state index in [0.717, 1.165) is 54.7 Å². The first-order valence-corrected chi connectivity index (χ1v) is 10.7. The van der Waals surface area contributed by atoms with E-state index in [2.05, 4.69) is 34.1 Å². The first kappa shape index (κ1) is 17.6. The minimum Gasteiger partial charge on any atom is -0.336 e. The summed E-state index contributed by atoms with van der Waals surface area (Å²) in [5, 5.41) is 0.856. The Morgan fingerprint density at radius 1 is 1.11 bits per heavy atom. The van der Waals surface area contributed by atoms with Crippen molar-refractivity contribution in [2.45, 2.75) is 32.4 Å². The summed E-state index contributed by atoms with van der Waals surface area (Å²) in [7, 11) is 0. The van der Waals surface area contributed by atoms with Gasteiger partial charge in [0, 0.05) is 44.6 Å². The van der Waals surface area contributed by atoms with Gasteiger partial charge in [-0.25, -0.2) is 4.98 Å². The molecule has 3 aromatic rings. The van der Waals surface area contributed by atoms with E-state index in [1.807, 2.05) is 40.9 Å². The Balaban J connectivity index is 1.28. The maximum absolute atomic E-state index is 13.1. The molecule has 2 aliphatic heterocycles. The Morgan fingerprint density at radius 3 is 2.71 bits per heavy atom. The molecule has 1 aromatic carbocycles. The molecule has 28 heavy (non-hydrogen) atoms. The zero-order valence-corrected chi connectivity index (χ0v) is 16.9. The van der Waals surface area contributed by atoms with Gasteiger partial charge in [0.15, 0.2) is 5.13 Å². The number of hydrogen-bond acceptors (Lipinski definition) is 4. The average Bonchev–Trinajstić information content (AvgIpc) is 3.47. The van der Waals surface area contributed by atoms with Gasteiger partial charge in [-0.1, -0.05) is 35.6 Å². The summed E-state index contributed by atoms with van der Waals surface area (Å²) in [6.45, 7) is 5.67. The highest BCUT2D eigenvalue weighted by atomic mass is 32.1. The Morgan fingerprint density at radius 2 is 1.89 bits per heavy atom. The van der Waals surface area contributed by atoms with Gasteiger partial charge in [0.25, 0.3) is 5.91 Å². The number of aromatic nitrogens is 2. The van der Waals surface area contributed by atoms with Crippen molar-refractivity contribution in [3.8, 4) is 5.13 Å². The zero-order chi connectivity index (χ0) is 19.1. The van der Waals surface area contributed by atoms with Crippen LogP contribution in [0.2, 0.25) is 0 Å². The molecule has 144 valence electrons. The Kier molecular flexibility index (Phi) is 4.53. The summed E-state index contributed by atoms with van der Waals surface area (Å²) in [5.41, 5.74) is 3.74. The molecule has 2 aliphatic rings. The average molecular weight is 393 g/mol. The maximum atomic E-state index is 13.1. The third-order valence-corrected chi connectivity index (χ3v) is 7.09. The fourth-order valence-electron chi connectivity index (χ4n) is 4.35. The second kappa shape index (κ2) is 7.18. The van der Waals surface area contributed by atoms with Crippen molar-refractivity contribution in [2.24, 2.45) is 0 Å². The molecule has 1 atom stereocenters. The van der Waals surface area contributed by atoms with E-state index in [1.165, 1.54) is 22.5 Å². The second-order valence-corrected chi connectivity index (χ2v) is 8.66. The van der Waals surface area contributed by atoms with Gasteiger partial charge < -0.3 is 9.47 Å². The van der Waals surface area contributed by atoms with E-state index in [-0.39, 0.29) is 5.91 Å². The third kappa shape index (κ3) is 3.16. The summed E-state index contributed by atoms with van der Waals surface area (Å²) in [4.78, 5) is 23.1. The number of carbonyl (C=O) groups is 1. The molecule has 0 aliphatic carbocycles. The molecule has 1 fully saturated rings. The first-order valence-electron chi connectivity index (χ1n) is 9.90. The molecule has 5 nitrogen and oxygen atoms in total. The minimum atomic E-state index is 0.133. The zero-order valence-electron chi connectivity index (χ0n) is 16.0. The van der Waals surface area contributed by atoms with E-state index >= 15 is 0 Å². The van der Waals surface area contributed by atoms with E-state index in [4.69, 9.17) is 0 Å². The van der Waals surface area contributed by atoms with Gasteiger partial charge in [-0.15, -0.1) is 0 Å². The topological polar surface area (TPSA) is 41.4 Å². The molecule has 2 aromatic heterocycles.